The van der Waals surface area contributed by atoms with Gasteiger partial charge < -0.3 is 31.4 Å². The standard InChI is InChI=1S/C9H28O4Si4.C5H16O3Si2.C5H16O2Si2.2C2H6.CH6Si.19CH4/c1-14(10-11-15(2,3)4)12-17(8,9)13-16(5,6)7;1-7-4-10(6)8-5-9(2)3;1-6-4-8-7-5-9(2)3;3*1-2;;;;;;;;;;;;;;;;;;;/h14H,1-9H3;6,9-10H,4-5H2,1-3H3;9H,4-5,8H2,1-3H3;3*1-2H3;19*1H4. The molecule has 0 aliphatic rings. The van der Waals surface area contributed by atoms with Crippen molar-refractivity contribution >= 4 is 81.4 Å². The minimum Gasteiger partial charge on any atom is -0.437 e. The molecule has 0 radical (unpaired) electrons. The molecule has 1 N–H and O–H groups in total. The van der Waals surface area contributed by atoms with E-state index in [-0.39, 0.29) is 151 Å². The fourth-order valence-corrected chi connectivity index (χ4v) is 19.6. The van der Waals surface area contributed by atoms with Crippen LogP contribution in [-0.2, 0) is 35.7 Å². The number of ether oxygens (including phenoxy) is 2. The molecule has 0 aliphatic heterocycles. The fourth-order valence-electron chi connectivity index (χ4n) is 2.35. The van der Waals surface area contributed by atoms with Crippen molar-refractivity contribution in [3.8, 4) is 0 Å². The van der Waals surface area contributed by atoms with Gasteiger partial charge in [0.05, 0.1) is 30.1 Å². The first-order chi connectivity index (χ1) is 19.2. The van der Waals surface area contributed by atoms with Gasteiger partial charge in [-0.25, -0.2) is 0 Å². The first-order valence-electron chi connectivity index (χ1n) is 15.8. The van der Waals surface area contributed by atoms with Gasteiger partial charge in [0.15, 0.2) is 18.1 Å². The summed E-state index contributed by atoms with van der Waals surface area (Å²) in [6, 6.07) is 0. The molecule has 2 atom stereocenters. The third-order valence-corrected chi connectivity index (χ3v) is 17.3. The zero-order chi connectivity index (χ0) is 35.0. The average molecular weight is 1070 g/mol. The SMILES string of the molecule is C.C.C.C.C.C.C.C.C.C.C.C.C.C.C.C.C.C.C.CC.CC.COC[SiH2]OC[SiH](C)C.COC[SiH](O)OC[SiH](C)C.C[SiH3].C[SiH](OO[Si](C)(C)C)O[Si](C)(C)O[Si](C)(C)C. The highest BCUT2D eigenvalue weighted by molar-refractivity contribution is 6.83. The molecule has 0 saturated carbocycles. The summed E-state index contributed by atoms with van der Waals surface area (Å²) in [5.41, 5.74) is 0. The third-order valence-electron chi connectivity index (χ3n) is 3.25. The van der Waals surface area contributed by atoms with Crippen LogP contribution in [0, 0.1) is 0 Å². The monoisotopic (exact) mass is 1070 g/mol. The van der Waals surface area contributed by atoms with Crippen LogP contribution in [0.25, 0.3) is 0 Å². The molecule has 0 spiro atoms. The van der Waals surface area contributed by atoms with Gasteiger partial charge >= 0.3 is 27.1 Å². The Labute approximate surface area is 419 Å². The molecule has 18 heteroatoms. The zero-order valence-electron chi connectivity index (χ0n) is 32.1. The second kappa shape index (κ2) is 114. The molecule has 0 rings (SSSR count). The van der Waals surface area contributed by atoms with Crippen LogP contribution in [0.5, 0.6) is 0 Å². The van der Waals surface area contributed by atoms with Crippen molar-refractivity contribution in [1.82, 2.24) is 0 Å². The van der Waals surface area contributed by atoms with Gasteiger partial charge in [0.2, 0.25) is 8.32 Å². The molecular formula is C43H154O9Si9. The molecule has 0 amide bonds. The second-order valence-corrected chi connectivity index (χ2v) is 35.2. The van der Waals surface area contributed by atoms with Crippen LogP contribution in [0.1, 0.15) is 169 Å². The molecule has 0 aromatic carbocycles. The molecule has 0 heterocycles. The van der Waals surface area contributed by atoms with Crippen molar-refractivity contribution in [2.45, 2.75) is 260 Å². The van der Waals surface area contributed by atoms with Gasteiger partial charge in [-0.15, -0.1) is 0 Å². The zero-order valence-corrected chi connectivity index (χ0v) is 43.1. The molecule has 0 aromatic heterocycles. The van der Waals surface area contributed by atoms with Gasteiger partial charge in [0, 0.05) is 26.7 Å². The lowest BCUT2D eigenvalue weighted by molar-refractivity contribution is -0.129. The number of hydrogen-bond donors (Lipinski definition) is 1. The Hall–Kier alpha value is 1.59. The number of rotatable bonds is 17. The highest BCUT2D eigenvalue weighted by atomic mass is 28.5. The summed E-state index contributed by atoms with van der Waals surface area (Å²) in [5.74, 6) is 0. The van der Waals surface area contributed by atoms with E-state index in [1.165, 1.54) is 10.2 Å². The Balaban J connectivity index is -0.0000000117. The van der Waals surface area contributed by atoms with Crippen molar-refractivity contribution in [1.29, 1.82) is 0 Å². The third kappa shape index (κ3) is 206. The van der Waals surface area contributed by atoms with Crippen LogP contribution in [0.2, 0.25) is 91.7 Å². The lowest BCUT2D eigenvalue weighted by Gasteiger charge is -2.33. The number of hydrogen-bond acceptors (Lipinski definition) is 9. The fraction of sp³-hybridized carbons (Fsp3) is 1.00. The molecule has 0 aliphatic carbocycles. The first-order valence-corrected chi connectivity index (χ1v) is 39.2. The Morgan fingerprint density at radius 2 is 0.803 bits per heavy atom. The van der Waals surface area contributed by atoms with E-state index in [9.17, 15) is 0 Å². The lowest BCUT2D eigenvalue weighted by Crippen LogP contribution is -2.48. The smallest absolute Gasteiger partial charge is 0.346 e. The molecule has 0 fully saturated rings. The summed E-state index contributed by atoms with van der Waals surface area (Å²) < 4.78 is 43.1. The Morgan fingerprint density at radius 1 is 0.492 bits per heavy atom. The highest BCUT2D eigenvalue weighted by Crippen LogP contribution is 2.17. The van der Waals surface area contributed by atoms with E-state index in [0.717, 1.165) is 18.7 Å². The van der Waals surface area contributed by atoms with Crippen LogP contribution in [-0.4, -0.2) is 125 Å². The van der Waals surface area contributed by atoms with E-state index in [2.05, 4.69) is 85.1 Å². The summed E-state index contributed by atoms with van der Waals surface area (Å²) >= 11 is 0. The van der Waals surface area contributed by atoms with Crippen LogP contribution >= 0.6 is 0 Å². The van der Waals surface area contributed by atoms with Crippen molar-refractivity contribution in [2.75, 3.05) is 39.1 Å². The maximum atomic E-state index is 9.11. The Morgan fingerprint density at radius 3 is 1.03 bits per heavy atom. The normalized spacial score (nSPS) is 8.90. The van der Waals surface area contributed by atoms with E-state index < -0.39 is 61.4 Å². The topological polar surface area (TPSA) is 94.1 Å². The van der Waals surface area contributed by atoms with Gasteiger partial charge in [-0.2, -0.15) is 0 Å². The molecule has 2 unspecified atom stereocenters. The quantitative estimate of drug-likeness (QED) is 0.0661. The molecule has 61 heavy (non-hydrogen) atoms. The minimum atomic E-state index is -2.06. The van der Waals surface area contributed by atoms with Crippen molar-refractivity contribution in [3.05, 3.63) is 0 Å². The van der Waals surface area contributed by atoms with Crippen LogP contribution in [0.4, 0.5) is 0 Å². The predicted molar refractivity (Wildman–Crippen MR) is 339 cm³/mol. The van der Waals surface area contributed by atoms with E-state index in [1.807, 2.05) is 34.2 Å². The van der Waals surface area contributed by atoms with Gasteiger partial charge in [0.25, 0.3) is 0 Å². The van der Waals surface area contributed by atoms with Gasteiger partial charge in [-0.1, -0.05) is 202 Å². The van der Waals surface area contributed by atoms with Crippen LogP contribution in [0.15, 0.2) is 0 Å². The van der Waals surface area contributed by atoms with E-state index in [0.29, 0.717) is 6.23 Å². The first kappa shape index (κ1) is 168. The van der Waals surface area contributed by atoms with E-state index >= 15 is 0 Å². The molecule has 9 nitrogen and oxygen atoms in total. The van der Waals surface area contributed by atoms with Gasteiger partial charge in [-0.3, -0.25) is 9.15 Å². The lowest BCUT2D eigenvalue weighted by atomic mass is 11.0. The predicted octanol–water partition coefficient (Wildman–Crippen LogP) is 15.9. The summed E-state index contributed by atoms with van der Waals surface area (Å²) in [6.45, 7) is 38.1. The molecule has 0 aromatic rings. The van der Waals surface area contributed by atoms with Crippen molar-refractivity contribution in [3.63, 3.8) is 0 Å². The molecule has 0 saturated heterocycles. The van der Waals surface area contributed by atoms with Crippen molar-refractivity contribution < 1.29 is 40.5 Å². The molecule has 416 valence electrons. The van der Waals surface area contributed by atoms with Gasteiger partial charge in [-0.05, 0) is 69.2 Å². The summed E-state index contributed by atoms with van der Waals surface area (Å²) in [6.07, 6.45) is 3.08. The Kier molecular flexibility index (Phi) is 313. The maximum Gasteiger partial charge on any atom is 0.346 e. The van der Waals surface area contributed by atoms with Crippen LogP contribution < -0.4 is 0 Å². The summed E-state index contributed by atoms with van der Waals surface area (Å²) in [4.78, 5) is 9.11. The summed E-state index contributed by atoms with van der Waals surface area (Å²) in [7, 11) is -5.75. The van der Waals surface area contributed by atoms with Crippen LogP contribution in [0.3, 0.4) is 0 Å². The highest BCUT2D eigenvalue weighted by Gasteiger charge is 2.34. The van der Waals surface area contributed by atoms with Crippen molar-refractivity contribution in [2.24, 2.45) is 0 Å². The molecule has 0 bridgehead atoms. The minimum absolute atomic E-state index is 0. The summed E-state index contributed by atoms with van der Waals surface area (Å²) in [5, 5.41) is 0. The largest absolute Gasteiger partial charge is 0.437 e. The van der Waals surface area contributed by atoms with Gasteiger partial charge in [0.1, 0.15) is 0 Å². The average Bonchev–Trinajstić information content (AvgIpc) is 2.86. The van der Waals surface area contributed by atoms with E-state index in [1.54, 1.807) is 14.2 Å². The number of methoxy groups -OCH3 is 2. The second-order valence-electron chi connectivity index (χ2n) is 11.7. The Bertz CT molecular complexity index is 511. The maximum absolute atomic E-state index is 9.11. The van der Waals surface area contributed by atoms with E-state index in [4.69, 9.17) is 40.5 Å². The molecular weight excluding hydrogens is 913 g/mol.